The Kier molecular flexibility index (Phi) is 5.30. The van der Waals surface area contributed by atoms with Gasteiger partial charge in [-0.3, -0.25) is 4.90 Å². The smallest absolute Gasteiger partial charge is 0.335 e. The number of piperidine rings is 1. The van der Waals surface area contributed by atoms with Gasteiger partial charge in [-0.15, -0.1) is 0 Å². The third-order valence-electron chi connectivity index (χ3n) is 4.61. The molecule has 0 radical (unpaired) electrons. The fourth-order valence-electron chi connectivity index (χ4n) is 3.29. The first-order chi connectivity index (χ1) is 12.1. The number of nitrogen functional groups attached to an aromatic ring is 1. The standard InChI is InChI=1S/C17H23N5O3/c18-17-20-14-5-4-11(16(24)25)9-13(14)15(21-17)19-6-8-22-7-2-1-3-12(22)10-23/h4-5,9,12,23H,1-3,6-8,10H2,(H,24,25)(H3,18,19,20,21)/t12-/m0/s1. The molecular formula is C17H23N5O3. The number of benzene rings is 1. The summed E-state index contributed by atoms with van der Waals surface area (Å²) in [7, 11) is 0. The Morgan fingerprint density at radius 1 is 1.36 bits per heavy atom. The first-order valence-electron chi connectivity index (χ1n) is 8.48. The third-order valence-corrected chi connectivity index (χ3v) is 4.61. The number of hydrogen-bond acceptors (Lipinski definition) is 7. The fraction of sp³-hybridized carbons (Fsp3) is 0.471. The predicted octanol–water partition coefficient (Wildman–Crippen LogP) is 1.17. The predicted molar refractivity (Wildman–Crippen MR) is 95.7 cm³/mol. The molecule has 1 aromatic heterocycles. The normalized spacial score (nSPS) is 18.4. The minimum Gasteiger partial charge on any atom is -0.478 e. The second-order valence-electron chi connectivity index (χ2n) is 6.26. The van der Waals surface area contributed by atoms with Crippen molar-refractivity contribution in [2.45, 2.75) is 25.3 Å². The number of nitrogens with two attached hydrogens (primary N) is 1. The van der Waals surface area contributed by atoms with Crippen molar-refractivity contribution in [1.82, 2.24) is 14.9 Å². The molecular weight excluding hydrogens is 322 g/mol. The molecule has 1 aliphatic heterocycles. The number of carboxylic acids is 1. The number of nitrogens with one attached hydrogen (secondary N) is 1. The molecule has 0 unspecified atom stereocenters. The highest BCUT2D eigenvalue weighted by Crippen LogP contribution is 2.23. The maximum Gasteiger partial charge on any atom is 0.335 e. The molecule has 8 heteroatoms. The Morgan fingerprint density at radius 2 is 2.20 bits per heavy atom. The summed E-state index contributed by atoms with van der Waals surface area (Å²) in [6, 6.07) is 4.90. The van der Waals surface area contributed by atoms with Crippen LogP contribution in [0.2, 0.25) is 0 Å². The lowest BCUT2D eigenvalue weighted by atomic mass is 10.0. The highest BCUT2D eigenvalue weighted by molar-refractivity contribution is 5.97. The highest BCUT2D eigenvalue weighted by atomic mass is 16.4. The van der Waals surface area contributed by atoms with E-state index in [1.807, 2.05) is 0 Å². The molecule has 1 atom stereocenters. The van der Waals surface area contributed by atoms with Crippen LogP contribution >= 0.6 is 0 Å². The average molecular weight is 345 g/mol. The molecule has 2 aromatic rings. The number of carbonyl (C=O) groups is 1. The van der Waals surface area contributed by atoms with E-state index in [9.17, 15) is 15.0 Å². The van der Waals surface area contributed by atoms with Gasteiger partial charge in [0.2, 0.25) is 5.95 Å². The van der Waals surface area contributed by atoms with Crippen LogP contribution in [0.1, 0.15) is 29.6 Å². The van der Waals surface area contributed by atoms with E-state index in [0.717, 1.165) is 32.4 Å². The molecule has 0 saturated carbocycles. The van der Waals surface area contributed by atoms with E-state index in [4.69, 9.17) is 5.73 Å². The van der Waals surface area contributed by atoms with Gasteiger partial charge < -0.3 is 21.3 Å². The molecule has 1 aliphatic rings. The van der Waals surface area contributed by atoms with Crippen LogP contribution in [-0.4, -0.2) is 63.3 Å². The van der Waals surface area contributed by atoms with Crippen LogP contribution in [0.3, 0.4) is 0 Å². The second kappa shape index (κ2) is 7.62. The number of hydrogen-bond donors (Lipinski definition) is 4. The summed E-state index contributed by atoms with van der Waals surface area (Å²) in [6.07, 6.45) is 3.31. The molecule has 0 spiro atoms. The largest absolute Gasteiger partial charge is 0.478 e. The number of aromatic nitrogens is 2. The summed E-state index contributed by atoms with van der Waals surface area (Å²) < 4.78 is 0. The fourth-order valence-corrected chi connectivity index (χ4v) is 3.29. The van der Waals surface area contributed by atoms with Gasteiger partial charge in [0.05, 0.1) is 17.7 Å². The quantitative estimate of drug-likeness (QED) is 0.615. The summed E-state index contributed by atoms with van der Waals surface area (Å²) in [4.78, 5) is 21.8. The molecule has 0 bridgehead atoms. The van der Waals surface area contributed by atoms with Crippen molar-refractivity contribution in [2.75, 3.05) is 37.3 Å². The zero-order chi connectivity index (χ0) is 17.8. The van der Waals surface area contributed by atoms with E-state index in [-0.39, 0.29) is 24.2 Å². The molecule has 25 heavy (non-hydrogen) atoms. The number of rotatable bonds is 6. The first-order valence-corrected chi connectivity index (χ1v) is 8.48. The van der Waals surface area contributed by atoms with Crippen LogP contribution in [0.5, 0.6) is 0 Å². The Balaban J connectivity index is 1.75. The van der Waals surface area contributed by atoms with Crippen LogP contribution in [0.25, 0.3) is 10.9 Å². The maximum atomic E-state index is 11.2. The minimum atomic E-state index is -0.997. The van der Waals surface area contributed by atoms with Gasteiger partial charge in [0.15, 0.2) is 0 Å². The van der Waals surface area contributed by atoms with Crippen molar-refractivity contribution in [1.29, 1.82) is 0 Å². The van der Waals surface area contributed by atoms with Crippen molar-refractivity contribution >= 4 is 28.6 Å². The zero-order valence-electron chi connectivity index (χ0n) is 14.0. The van der Waals surface area contributed by atoms with Crippen molar-refractivity contribution in [2.24, 2.45) is 0 Å². The second-order valence-corrected chi connectivity index (χ2v) is 6.26. The number of fused-ring (bicyclic) bond motifs is 1. The van der Waals surface area contributed by atoms with Crippen LogP contribution in [0.15, 0.2) is 18.2 Å². The summed E-state index contributed by atoms with van der Waals surface area (Å²) in [5, 5.41) is 22.5. The van der Waals surface area contributed by atoms with Crippen molar-refractivity contribution in [3.8, 4) is 0 Å². The van der Waals surface area contributed by atoms with Gasteiger partial charge in [0.25, 0.3) is 0 Å². The molecule has 1 aromatic carbocycles. The molecule has 3 rings (SSSR count). The maximum absolute atomic E-state index is 11.2. The molecule has 5 N–H and O–H groups in total. The minimum absolute atomic E-state index is 0.143. The number of carboxylic acid groups (broad SMARTS) is 1. The van der Waals surface area contributed by atoms with Crippen LogP contribution in [0, 0.1) is 0 Å². The van der Waals surface area contributed by atoms with E-state index in [1.165, 1.54) is 6.07 Å². The van der Waals surface area contributed by atoms with Crippen molar-refractivity contribution in [3.05, 3.63) is 23.8 Å². The number of likely N-dealkylation sites (tertiary alicyclic amines) is 1. The first kappa shape index (κ1) is 17.4. The van der Waals surface area contributed by atoms with Gasteiger partial charge in [-0.05, 0) is 37.6 Å². The van der Waals surface area contributed by atoms with Gasteiger partial charge in [-0.1, -0.05) is 6.42 Å². The number of anilines is 2. The molecule has 1 fully saturated rings. The van der Waals surface area contributed by atoms with Gasteiger partial charge in [-0.2, -0.15) is 4.98 Å². The number of aliphatic hydroxyl groups excluding tert-OH is 1. The summed E-state index contributed by atoms with van der Waals surface area (Å²) in [6.45, 7) is 2.54. The molecule has 0 aliphatic carbocycles. The molecule has 2 heterocycles. The zero-order valence-corrected chi connectivity index (χ0v) is 14.0. The lowest BCUT2D eigenvalue weighted by Crippen LogP contribution is -2.44. The summed E-state index contributed by atoms with van der Waals surface area (Å²) in [5.41, 5.74) is 6.54. The number of aliphatic hydroxyl groups is 1. The van der Waals surface area contributed by atoms with Crippen molar-refractivity contribution < 1.29 is 15.0 Å². The number of aromatic carboxylic acids is 1. The highest BCUT2D eigenvalue weighted by Gasteiger charge is 2.21. The van der Waals surface area contributed by atoms with E-state index < -0.39 is 5.97 Å². The molecule has 1 saturated heterocycles. The Bertz CT molecular complexity index is 767. The Morgan fingerprint density at radius 3 is 2.96 bits per heavy atom. The third kappa shape index (κ3) is 3.97. The van der Waals surface area contributed by atoms with Gasteiger partial charge >= 0.3 is 5.97 Å². The molecule has 134 valence electrons. The van der Waals surface area contributed by atoms with Crippen LogP contribution < -0.4 is 11.1 Å². The lowest BCUT2D eigenvalue weighted by Gasteiger charge is -2.34. The Hall–Kier alpha value is -2.45. The van der Waals surface area contributed by atoms with E-state index >= 15 is 0 Å². The molecule has 0 amide bonds. The monoisotopic (exact) mass is 345 g/mol. The van der Waals surface area contributed by atoms with Gasteiger partial charge in [0.1, 0.15) is 5.82 Å². The van der Waals surface area contributed by atoms with E-state index in [1.54, 1.807) is 12.1 Å². The summed E-state index contributed by atoms with van der Waals surface area (Å²) in [5.74, 6) is -0.323. The summed E-state index contributed by atoms with van der Waals surface area (Å²) >= 11 is 0. The van der Waals surface area contributed by atoms with Crippen LogP contribution in [0.4, 0.5) is 11.8 Å². The van der Waals surface area contributed by atoms with Gasteiger partial charge in [0, 0.05) is 24.5 Å². The number of nitrogens with zero attached hydrogens (tertiary/aromatic N) is 3. The topological polar surface area (TPSA) is 125 Å². The molecule has 8 nitrogen and oxygen atoms in total. The van der Waals surface area contributed by atoms with Crippen LogP contribution in [-0.2, 0) is 0 Å². The van der Waals surface area contributed by atoms with E-state index in [0.29, 0.717) is 23.3 Å². The van der Waals surface area contributed by atoms with Gasteiger partial charge in [-0.25, -0.2) is 9.78 Å². The SMILES string of the molecule is Nc1nc(NCCN2CCCC[C@H]2CO)c2cc(C(=O)O)ccc2n1. The van der Waals surface area contributed by atoms with E-state index in [2.05, 4.69) is 20.2 Å². The average Bonchev–Trinajstić information content (AvgIpc) is 2.61. The lowest BCUT2D eigenvalue weighted by molar-refractivity contribution is 0.0697. The van der Waals surface area contributed by atoms with Crippen molar-refractivity contribution in [3.63, 3.8) is 0 Å². The Labute approximate surface area is 145 Å².